The molecule has 2 nitrogen and oxygen atoms in total. The second-order valence-corrected chi connectivity index (χ2v) is 5.64. The molecule has 20 heavy (non-hydrogen) atoms. The summed E-state index contributed by atoms with van der Waals surface area (Å²) >= 11 is 6.41. The number of nitrogens with zero attached hydrogens (tertiary/aromatic N) is 1. The van der Waals surface area contributed by atoms with Crippen molar-refractivity contribution >= 4 is 23.0 Å². The minimum Gasteiger partial charge on any atom is -0.343 e. The number of rotatable bonds is 4. The number of anilines is 2. The lowest BCUT2D eigenvalue weighted by atomic mass is 10.1. The lowest BCUT2D eigenvalue weighted by molar-refractivity contribution is 0.968. The zero-order chi connectivity index (χ0) is 14.7. The molecule has 2 N–H and O–H groups in total. The highest BCUT2D eigenvalue weighted by atomic mass is 35.5. The Morgan fingerprint density at radius 3 is 2.25 bits per heavy atom. The topological polar surface area (TPSA) is 29.3 Å². The first kappa shape index (κ1) is 14.9. The predicted octanol–water partition coefficient (Wildman–Crippen LogP) is 4.23. The van der Waals surface area contributed by atoms with Crippen molar-refractivity contribution in [1.82, 2.24) is 0 Å². The Balaban J connectivity index is 2.35. The fraction of sp³-hybridized carbons (Fsp3) is 0.294. The fourth-order valence-corrected chi connectivity index (χ4v) is 2.76. The lowest BCUT2D eigenvalue weighted by Gasteiger charge is -2.22. The zero-order valence-electron chi connectivity index (χ0n) is 12.3. The van der Waals surface area contributed by atoms with Gasteiger partial charge in [-0.05, 0) is 67.8 Å². The van der Waals surface area contributed by atoms with Crippen molar-refractivity contribution in [1.29, 1.82) is 0 Å². The molecule has 2 aromatic rings. The highest BCUT2D eigenvalue weighted by Gasteiger charge is 2.09. The van der Waals surface area contributed by atoms with E-state index < -0.39 is 0 Å². The Labute approximate surface area is 126 Å². The van der Waals surface area contributed by atoms with Crippen LogP contribution in [-0.2, 0) is 6.42 Å². The molecule has 0 bridgehead atoms. The van der Waals surface area contributed by atoms with E-state index in [1.54, 1.807) is 0 Å². The summed E-state index contributed by atoms with van der Waals surface area (Å²) in [6.07, 6.45) is 0.854. The van der Waals surface area contributed by atoms with Gasteiger partial charge in [-0.15, -0.1) is 0 Å². The minimum absolute atomic E-state index is 0.641. The van der Waals surface area contributed by atoms with E-state index in [4.69, 9.17) is 17.3 Å². The van der Waals surface area contributed by atoms with E-state index in [2.05, 4.69) is 49.1 Å². The summed E-state index contributed by atoms with van der Waals surface area (Å²) in [6.45, 7) is 4.86. The van der Waals surface area contributed by atoms with Gasteiger partial charge >= 0.3 is 0 Å². The Bertz CT molecular complexity index is 588. The third-order valence-corrected chi connectivity index (χ3v) is 3.70. The fourth-order valence-electron chi connectivity index (χ4n) is 2.43. The molecule has 0 unspecified atom stereocenters. The summed E-state index contributed by atoms with van der Waals surface area (Å²) in [5, 5.41) is 0.762. The summed E-state index contributed by atoms with van der Waals surface area (Å²) in [5.74, 6) is 0. The number of nitrogens with two attached hydrogens (primary N) is 1. The molecule has 106 valence electrons. The van der Waals surface area contributed by atoms with E-state index in [0.29, 0.717) is 6.54 Å². The molecule has 0 aliphatic heterocycles. The van der Waals surface area contributed by atoms with Crippen LogP contribution in [0.1, 0.15) is 16.7 Å². The second-order valence-electron chi connectivity index (χ2n) is 5.23. The highest BCUT2D eigenvalue weighted by molar-refractivity contribution is 6.33. The van der Waals surface area contributed by atoms with Crippen LogP contribution in [0.15, 0.2) is 36.4 Å². The normalized spacial score (nSPS) is 10.7. The van der Waals surface area contributed by atoms with Gasteiger partial charge in [-0.3, -0.25) is 0 Å². The maximum atomic E-state index is 6.41. The SMILES string of the molecule is Cc1cc(C)cc(N(C)c2ccc(CCN)cc2Cl)c1. The van der Waals surface area contributed by atoms with Gasteiger partial charge in [0.2, 0.25) is 0 Å². The average Bonchev–Trinajstić information content (AvgIpc) is 2.37. The molecule has 3 heteroatoms. The van der Waals surface area contributed by atoms with Crippen molar-refractivity contribution in [3.63, 3.8) is 0 Å². The molecule has 0 amide bonds. The van der Waals surface area contributed by atoms with Gasteiger partial charge in [0, 0.05) is 12.7 Å². The van der Waals surface area contributed by atoms with Crippen LogP contribution in [0.3, 0.4) is 0 Å². The first-order valence-electron chi connectivity index (χ1n) is 6.82. The molecule has 0 radical (unpaired) electrons. The Morgan fingerprint density at radius 2 is 1.70 bits per heavy atom. The molecule has 0 aliphatic carbocycles. The summed E-state index contributed by atoms with van der Waals surface area (Å²) < 4.78 is 0. The first-order chi connectivity index (χ1) is 9.51. The molecule has 0 atom stereocenters. The Morgan fingerprint density at radius 1 is 1.05 bits per heavy atom. The monoisotopic (exact) mass is 288 g/mol. The summed E-state index contributed by atoms with van der Waals surface area (Å²) in [5.41, 5.74) is 11.4. The summed E-state index contributed by atoms with van der Waals surface area (Å²) in [4.78, 5) is 2.12. The third-order valence-electron chi connectivity index (χ3n) is 3.40. The minimum atomic E-state index is 0.641. The Kier molecular flexibility index (Phi) is 4.69. The van der Waals surface area contributed by atoms with E-state index in [1.807, 2.05) is 13.1 Å². The molecule has 0 spiro atoms. The van der Waals surface area contributed by atoms with Crippen LogP contribution in [0.5, 0.6) is 0 Å². The van der Waals surface area contributed by atoms with Crippen LogP contribution in [0.2, 0.25) is 5.02 Å². The van der Waals surface area contributed by atoms with Gasteiger partial charge in [0.15, 0.2) is 0 Å². The molecule has 0 aliphatic rings. The molecule has 0 heterocycles. The maximum absolute atomic E-state index is 6.41. The number of halogens is 1. The van der Waals surface area contributed by atoms with Gasteiger partial charge in [0.25, 0.3) is 0 Å². The van der Waals surface area contributed by atoms with Crippen molar-refractivity contribution in [2.75, 3.05) is 18.5 Å². The van der Waals surface area contributed by atoms with Gasteiger partial charge in [-0.25, -0.2) is 0 Å². The van der Waals surface area contributed by atoms with Crippen LogP contribution < -0.4 is 10.6 Å². The van der Waals surface area contributed by atoms with Crippen molar-refractivity contribution in [2.24, 2.45) is 5.73 Å². The van der Waals surface area contributed by atoms with Crippen LogP contribution in [0, 0.1) is 13.8 Å². The van der Waals surface area contributed by atoms with E-state index in [-0.39, 0.29) is 0 Å². The number of hydrogen-bond donors (Lipinski definition) is 1. The molecule has 0 saturated heterocycles. The molecule has 0 aromatic heterocycles. The first-order valence-corrected chi connectivity index (χ1v) is 7.19. The molecule has 0 fully saturated rings. The van der Waals surface area contributed by atoms with Gasteiger partial charge in [-0.2, -0.15) is 0 Å². The van der Waals surface area contributed by atoms with E-state index in [0.717, 1.165) is 22.8 Å². The van der Waals surface area contributed by atoms with Gasteiger partial charge in [0.05, 0.1) is 10.7 Å². The van der Waals surface area contributed by atoms with Crippen LogP contribution in [0.4, 0.5) is 11.4 Å². The summed E-state index contributed by atoms with van der Waals surface area (Å²) in [7, 11) is 2.04. The van der Waals surface area contributed by atoms with Crippen LogP contribution in [-0.4, -0.2) is 13.6 Å². The summed E-state index contributed by atoms with van der Waals surface area (Å²) in [6, 6.07) is 12.7. The van der Waals surface area contributed by atoms with Crippen molar-refractivity contribution in [3.05, 3.63) is 58.1 Å². The number of benzene rings is 2. The van der Waals surface area contributed by atoms with Crippen molar-refractivity contribution in [3.8, 4) is 0 Å². The second kappa shape index (κ2) is 6.29. The molecule has 0 saturated carbocycles. The molecule has 2 aromatic carbocycles. The van der Waals surface area contributed by atoms with Gasteiger partial charge in [-0.1, -0.05) is 23.7 Å². The van der Waals surface area contributed by atoms with Crippen molar-refractivity contribution < 1.29 is 0 Å². The molecular weight excluding hydrogens is 268 g/mol. The van der Waals surface area contributed by atoms with Crippen LogP contribution in [0.25, 0.3) is 0 Å². The highest BCUT2D eigenvalue weighted by Crippen LogP contribution is 2.32. The van der Waals surface area contributed by atoms with Crippen LogP contribution >= 0.6 is 11.6 Å². The van der Waals surface area contributed by atoms with E-state index >= 15 is 0 Å². The average molecular weight is 289 g/mol. The zero-order valence-corrected chi connectivity index (χ0v) is 13.0. The quantitative estimate of drug-likeness (QED) is 0.912. The Hall–Kier alpha value is -1.51. The predicted molar refractivity (Wildman–Crippen MR) is 88.2 cm³/mol. The molecular formula is C17H21ClN2. The smallest absolute Gasteiger partial charge is 0.0645 e. The largest absolute Gasteiger partial charge is 0.343 e. The third kappa shape index (κ3) is 3.33. The lowest BCUT2D eigenvalue weighted by Crippen LogP contribution is -2.11. The molecule has 2 rings (SSSR count). The standard InChI is InChI=1S/C17H21ClN2/c1-12-8-13(2)10-15(9-12)20(3)17-5-4-14(6-7-19)11-16(17)18/h4-5,8-11H,6-7,19H2,1-3H3. The number of aryl methyl sites for hydroxylation is 2. The van der Waals surface area contributed by atoms with Gasteiger partial charge < -0.3 is 10.6 Å². The van der Waals surface area contributed by atoms with Gasteiger partial charge in [0.1, 0.15) is 0 Å². The number of hydrogen-bond acceptors (Lipinski definition) is 2. The van der Waals surface area contributed by atoms with Crippen molar-refractivity contribution in [2.45, 2.75) is 20.3 Å². The van der Waals surface area contributed by atoms with E-state index in [9.17, 15) is 0 Å². The maximum Gasteiger partial charge on any atom is 0.0645 e. The van der Waals surface area contributed by atoms with E-state index in [1.165, 1.54) is 16.7 Å².